The Bertz CT molecular complexity index is 1970. The third-order valence-electron chi connectivity index (χ3n) is 5.62. The molecule has 0 saturated carbocycles. The second-order valence-electron chi connectivity index (χ2n) is 8.74. The van der Waals surface area contributed by atoms with E-state index in [1.165, 1.54) is 18.2 Å². The number of phenolic OH excluding ortho intramolecular Hbond substituents is 1. The lowest BCUT2D eigenvalue weighted by Crippen LogP contribution is -2.06. The van der Waals surface area contributed by atoms with Gasteiger partial charge in [-0.25, -0.2) is 10.1 Å². The molecule has 6 N–H and O–H groups in total. The van der Waals surface area contributed by atoms with E-state index < -0.39 is 61.0 Å². The molecule has 0 fully saturated rings. The van der Waals surface area contributed by atoms with Crippen LogP contribution in [0.4, 0.5) is 31.7 Å². The van der Waals surface area contributed by atoms with Gasteiger partial charge in [0.2, 0.25) is 11.8 Å². The number of carbonyl (C=O) groups is 1. The number of nitrogens with zero attached hydrogens (tertiary/aromatic N) is 5. The molecule has 4 rings (SSSR count). The average molecular weight is 698 g/mol. The number of amidine groups is 1. The Kier molecular flexibility index (Phi) is 10.7. The van der Waals surface area contributed by atoms with Gasteiger partial charge in [0.1, 0.15) is 10.7 Å². The van der Waals surface area contributed by atoms with Crippen LogP contribution in [0.5, 0.6) is 5.75 Å². The summed E-state index contributed by atoms with van der Waals surface area (Å²) >= 11 is 6.31. The van der Waals surface area contributed by atoms with Crippen LogP contribution in [0.1, 0.15) is 21.5 Å². The van der Waals surface area contributed by atoms with Crippen molar-refractivity contribution in [2.75, 3.05) is 10.7 Å². The second-order valence-corrected chi connectivity index (χ2v) is 11.3. The Morgan fingerprint density at radius 2 is 1.78 bits per heavy atom. The summed E-state index contributed by atoms with van der Waals surface area (Å²) in [4.78, 5) is 17.3. The summed E-state index contributed by atoms with van der Waals surface area (Å²) in [6.45, 7) is 1.80. The number of nitrogens with one attached hydrogen (secondary N) is 2. The number of halogens is 3. The van der Waals surface area contributed by atoms with E-state index in [0.717, 1.165) is 11.6 Å². The molecule has 0 amide bonds. The number of carboxylic acids is 1. The Morgan fingerprint density at radius 1 is 1.07 bits per heavy atom. The molecule has 3 aromatic carbocycles. The van der Waals surface area contributed by atoms with Gasteiger partial charge in [-0.2, -0.15) is 32.3 Å². The van der Waals surface area contributed by atoms with Gasteiger partial charge in [-0.3, -0.25) is 9.98 Å². The molecular weight excluding hydrogens is 680 g/mol. The highest BCUT2D eigenvalue weighted by Gasteiger charge is 2.21. The first kappa shape index (κ1) is 34.1. The molecule has 1 aromatic heterocycles. The standard InChI is InChI=1S/C25H18ClF2N7O9S2/c1-11-2-4-12(5-3-11)22(34-32-16-8-13(45-44-43-39)6-7-15(16)24(37)38)35-33-18-10-14(46(40,41)42)9-17(20(18)36)29-23-19(26)21(27)30-25(28)31-23/h2-10,32,36,39H,1H3,(H,37,38)(H,29,30,31)(H,40,41,42). The number of aryl methyl sites for hydroxylation is 1. The van der Waals surface area contributed by atoms with Crippen LogP contribution in [0.3, 0.4) is 0 Å². The van der Waals surface area contributed by atoms with Crippen molar-refractivity contribution in [3.63, 3.8) is 0 Å². The topological polar surface area (TPSA) is 238 Å². The van der Waals surface area contributed by atoms with Crippen molar-refractivity contribution in [1.29, 1.82) is 0 Å². The quantitative estimate of drug-likeness (QED) is 0.00993. The first-order valence-electron chi connectivity index (χ1n) is 12.1. The van der Waals surface area contributed by atoms with Crippen LogP contribution >= 0.6 is 23.6 Å². The number of hydrogen-bond acceptors (Lipinski definition) is 14. The largest absolute Gasteiger partial charge is 0.504 e. The molecule has 16 nitrogen and oxygen atoms in total. The molecule has 0 saturated heterocycles. The number of rotatable bonds is 11. The molecule has 0 spiro atoms. The zero-order chi connectivity index (χ0) is 33.6. The first-order chi connectivity index (χ1) is 21.8. The molecular formula is C25H18ClF2N7O9S2. The molecule has 0 aliphatic carbocycles. The van der Waals surface area contributed by atoms with Gasteiger partial charge in [0.15, 0.2) is 11.6 Å². The zero-order valence-corrected chi connectivity index (χ0v) is 25.1. The van der Waals surface area contributed by atoms with Crippen LogP contribution in [0.2, 0.25) is 5.02 Å². The predicted octanol–water partition coefficient (Wildman–Crippen LogP) is 6.10. The second kappa shape index (κ2) is 14.5. The summed E-state index contributed by atoms with van der Waals surface area (Å²) in [5.41, 5.74) is 2.25. The van der Waals surface area contributed by atoms with Crippen LogP contribution in [0, 0.1) is 18.9 Å². The highest BCUT2D eigenvalue weighted by atomic mass is 35.5. The van der Waals surface area contributed by atoms with E-state index in [4.69, 9.17) is 16.9 Å². The van der Waals surface area contributed by atoms with Crippen LogP contribution in [-0.4, -0.2) is 50.2 Å². The fourth-order valence-electron chi connectivity index (χ4n) is 3.49. The monoisotopic (exact) mass is 697 g/mol. The Balaban J connectivity index is 1.81. The number of aromatic carboxylic acids is 1. The third-order valence-corrected chi connectivity index (χ3v) is 7.37. The summed E-state index contributed by atoms with van der Waals surface area (Å²) in [6, 6.07) is 11.8. The van der Waals surface area contributed by atoms with Gasteiger partial charge in [-0.05, 0) is 37.3 Å². The number of aromatic hydroxyl groups is 1. The Labute approximate surface area is 266 Å². The van der Waals surface area contributed by atoms with Crippen molar-refractivity contribution < 1.29 is 51.4 Å². The molecule has 4 aromatic rings. The lowest BCUT2D eigenvalue weighted by molar-refractivity contribution is -0.432. The summed E-state index contributed by atoms with van der Waals surface area (Å²) in [7, 11) is -4.95. The first-order valence-corrected chi connectivity index (χ1v) is 14.7. The van der Waals surface area contributed by atoms with Crippen LogP contribution in [-0.2, 0) is 19.5 Å². The third kappa shape index (κ3) is 8.45. The fourth-order valence-corrected chi connectivity index (χ4v) is 4.55. The fraction of sp³-hybridized carbons (Fsp3) is 0.0400. The molecule has 1 heterocycles. The van der Waals surface area contributed by atoms with Gasteiger partial charge in [0.25, 0.3) is 10.1 Å². The smallest absolute Gasteiger partial charge is 0.337 e. The number of anilines is 3. The van der Waals surface area contributed by atoms with Gasteiger partial charge in [0, 0.05) is 10.5 Å². The van der Waals surface area contributed by atoms with Crippen molar-refractivity contribution in [3.05, 3.63) is 88.3 Å². The van der Waals surface area contributed by atoms with Gasteiger partial charge in [-0.15, -0.1) is 14.6 Å². The van der Waals surface area contributed by atoms with E-state index in [9.17, 15) is 36.8 Å². The Hall–Kier alpha value is -4.83. The molecule has 0 aliphatic heterocycles. The maximum Gasteiger partial charge on any atom is 0.337 e. The minimum absolute atomic E-state index is 0.0669. The van der Waals surface area contributed by atoms with Crippen LogP contribution in [0.15, 0.2) is 79.7 Å². The maximum absolute atomic E-state index is 13.9. The van der Waals surface area contributed by atoms with E-state index in [1.807, 2.05) is 0 Å². The molecule has 0 atom stereocenters. The highest BCUT2D eigenvalue weighted by Crippen LogP contribution is 2.40. The van der Waals surface area contributed by atoms with Crippen LogP contribution in [0.25, 0.3) is 0 Å². The maximum atomic E-state index is 13.9. The van der Waals surface area contributed by atoms with Crippen molar-refractivity contribution in [2.24, 2.45) is 15.3 Å². The van der Waals surface area contributed by atoms with Crippen LogP contribution < -0.4 is 10.7 Å². The number of azo groups is 1. The lowest BCUT2D eigenvalue weighted by Gasteiger charge is -2.12. The summed E-state index contributed by atoms with van der Waals surface area (Å²) in [5, 5.41) is 45.8. The minimum atomic E-state index is -4.95. The van der Waals surface area contributed by atoms with E-state index >= 15 is 0 Å². The number of carboxylic acid groups (broad SMARTS) is 1. The van der Waals surface area contributed by atoms with E-state index in [2.05, 4.69) is 45.4 Å². The van der Waals surface area contributed by atoms with Crippen molar-refractivity contribution in [2.45, 2.75) is 16.7 Å². The van der Waals surface area contributed by atoms with Gasteiger partial charge in [0.05, 0.1) is 33.9 Å². The van der Waals surface area contributed by atoms with Crippen molar-refractivity contribution in [1.82, 2.24) is 9.97 Å². The van der Waals surface area contributed by atoms with Crippen molar-refractivity contribution >= 4 is 68.4 Å². The summed E-state index contributed by atoms with van der Waals surface area (Å²) < 4.78 is 65.5. The highest BCUT2D eigenvalue weighted by molar-refractivity contribution is 7.94. The summed E-state index contributed by atoms with van der Waals surface area (Å²) in [6.07, 6.45) is -1.54. The van der Waals surface area contributed by atoms with E-state index in [1.54, 1.807) is 31.2 Å². The minimum Gasteiger partial charge on any atom is -0.504 e. The van der Waals surface area contributed by atoms with Gasteiger partial charge >= 0.3 is 12.0 Å². The average Bonchev–Trinajstić information content (AvgIpc) is 3.00. The van der Waals surface area contributed by atoms with Gasteiger partial charge < -0.3 is 15.5 Å². The number of hydrazone groups is 1. The summed E-state index contributed by atoms with van der Waals surface area (Å²) in [5.74, 6) is -4.54. The van der Waals surface area contributed by atoms with E-state index in [-0.39, 0.29) is 22.0 Å². The molecule has 0 bridgehead atoms. The molecule has 21 heteroatoms. The number of phenols is 1. The van der Waals surface area contributed by atoms with Crippen molar-refractivity contribution in [3.8, 4) is 5.75 Å². The number of aromatic nitrogens is 2. The number of hydrogen-bond donors (Lipinski definition) is 6. The zero-order valence-electron chi connectivity index (χ0n) is 22.7. The molecule has 0 radical (unpaired) electrons. The lowest BCUT2D eigenvalue weighted by atomic mass is 10.1. The Morgan fingerprint density at radius 3 is 2.43 bits per heavy atom. The molecule has 46 heavy (non-hydrogen) atoms. The van der Waals surface area contributed by atoms with E-state index in [0.29, 0.717) is 23.7 Å². The van der Waals surface area contributed by atoms with Gasteiger partial charge in [-0.1, -0.05) is 46.5 Å². The predicted molar refractivity (Wildman–Crippen MR) is 158 cm³/mol. The normalized spacial score (nSPS) is 12.0. The SMILES string of the molecule is Cc1ccc(C(N=Nc2cc(S(=O)(=O)O)cc(Nc3nc(F)nc(F)c3Cl)c2O)=NNc2cc(SOOO)ccc2C(=O)O)cc1. The molecule has 0 unspecified atom stereocenters. The number of benzene rings is 3. The molecule has 0 aliphatic rings. The molecule has 240 valence electrons.